The van der Waals surface area contributed by atoms with Crippen molar-refractivity contribution in [2.75, 3.05) is 39.6 Å². The predicted octanol–water partition coefficient (Wildman–Crippen LogP) is 3.67. The van der Waals surface area contributed by atoms with E-state index in [1.807, 2.05) is 60.7 Å². The van der Waals surface area contributed by atoms with Gasteiger partial charge in [-0.05, 0) is 43.0 Å². The Kier molecular flexibility index (Phi) is 10.2. The summed E-state index contributed by atoms with van der Waals surface area (Å²) in [7, 11) is 5.03. The highest BCUT2D eigenvalue weighted by molar-refractivity contribution is 6.05. The molecular formula is C34H42N4O5. The SMILES string of the molecule is COc1cccc(NC(C)=O)c1C(=O)N[C@H]1CCN(C(C)CC(C(=O)N(C)C)(c2ccccc2)c2ccccc2)C[C@@H]1O. The van der Waals surface area contributed by atoms with E-state index in [0.29, 0.717) is 37.4 Å². The third-order valence-corrected chi connectivity index (χ3v) is 8.24. The fourth-order valence-electron chi connectivity index (χ4n) is 6.13. The lowest BCUT2D eigenvalue weighted by atomic mass is 9.69. The Morgan fingerprint density at radius 1 is 1.00 bits per heavy atom. The maximum absolute atomic E-state index is 14.1. The summed E-state index contributed by atoms with van der Waals surface area (Å²) >= 11 is 0. The summed E-state index contributed by atoms with van der Waals surface area (Å²) in [4.78, 5) is 43.0. The number of carbonyl (C=O) groups excluding carboxylic acids is 3. The Morgan fingerprint density at radius 3 is 2.12 bits per heavy atom. The van der Waals surface area contributed by atoms with Crippen molar-refractivity contribution in [3.05, 3.63) is 95.6 Å². The van der Waals surface area contributed by atoms with Crippen molar-refractivity contribution >= 4 is 23.4 Å². The number of carbonyl (C=O) groups is 3. The zero-order valence-corrected chi connectivity index (χ0v) is 25.5. The van der Waals surface area contributed by atoms with E-state index in [-0.39, 0.29) is 23.4 Å². The highest BCUT2D eigenvalue weighted by Gasteiger charge is 2.45. The van der Waals surface area contributed by atoms with E-state index in [0.717, 1.165) is 11.1 Å². The summed E-state index contributed by atoms with van der Waals surface area (Å²) in [5.74, 6) is -0.422. The fraction of sp³-hybridized carbons (Fsp3) is 0.382. The number of methoxy groups -OCH3 is 1. The van der Waals surface area contributed by atoms with Crippen molar-refractivity contribution in [2.24, 2.45) is 0 Å². The molecule has 9 heteroatoms. The molecule has 3 amide bonds. The Morgan fingerprint density at radius 2 is 1.60 bits per heavy atom. The van der Waals surface area contributed by atoms with Crippen LogP contribution in [0.1, 0.15) is 48.2 Å². The first kappa shape index (κ1) is 31.7. The molecule has 3 aromatic rings. The van der Waals surface area contributed by atoms with Crippen LogP contribution in [0.15, 0.2) is 78.9 Å². The Labute approximate surface area is 253 Å². The van der Waals surface area contributed by atoms with Gasteiger partial charge in [-0.15, -0.1) is 0 Å². The molecule has 3 aromatic carbocycles. The first-order valence-corrected chi connectivity index (χ1v) is 14.6. The molecule has 1 fully saturated rings. The van der Waals surface area contributed by atoms with Gasteiger partial charge in [-0.3, -0.25) is 19.3 Å². The van der Waals surface area contributed by atoms with Gasteiger partial charge >= 0.3 is 0 Å². The van der Waals surface area contributed by atoms with Gasteiger partial charge in [0.15, 0.2) is 0 Å². The number of ether oxygens (including phenoxy) is 1. The van der Waals surface area contributed by atoms with Crippen LogP contribution in [-0.2, 0) is 15.0 Å². The molecule has 0 aromatic heterocycles. The summed E-state index contributed by atoms with van der Waals surface area (Å²) in [5.41, 5.74) is 1.46. The van der Waals surface area contributed by atoms with Crippen LogP contribution in [-0.4, -0.2) is 85.1 Å². The number of aliphatic hydroxyl groups excluding tert-OH is 1. The van der Waals surface area contributed by atoms with Crippen molar-refractivity contribution in [1.29, 1.82) is 0 Å². The third-order valence-electron chi connectivity index (χ3n) is 8.24. The first-order valence-electron chi connectivity index (χ1n) is 14.6. The van der Waals surface area contributed by atoms with Crippen LogP contribution >= 0.6 is 0 Å². The number of β-amino-alcohol motifs (C(OH)–C–C–N with tert-alkyl or cyclic N) is 1. The highest BCUT2D eigenvalue weighted by Crippen LogP contribution is 2.40. The lowest BCUT2D eigenvalue weighted by Gasteiger charge is -2.44. The molecule has 9 nitrogen and oxygen atoms in total. The van der Waals surface area contributed by atoms with E-state index in [9.17, 15) is 19.5 Å². The van der Waals surface area contributed by atoms with Crippen molar-refractivity contribution in [2.45, 2.75) is 50.3 Å². The summed E-state index contributed by atoms with van der Waals surface area (Å²) in [6, 6.07) is 24.2. The molecule has 0 spiro atoms. The zero-order valence-electron chi connectivity index (χ0n) is 25.5. The molecule has 3 N–H and O–H groups in total. The van der Waals surface area contributed by atoms with E-state index < -0.39 is 23.5 Å². The van der Waals surface area contributed by atoms with Crippen LogP contribution in [0.2, 0.25) is 0 Å². The molecule has 1 aliphatic rings. The number of likely N-dealkylation sites (tertiary alicyclic amines) is 1. The van der Waals surface area contributed by atoms with Gasteiger partial charge in [0.05, 0.1) is 24.9 Å². The summed E-state index contributed by atoms with van der Waals surface area (Å²) in [5, 5.41) is 16.9. The lowest BCUT2D eigenvalue weighted by molar-refractivity contribution is -0.134. The minimum Gasteiger partial charge on any atom is -0.496 e. The number of hydrogen-bond donors (Lipinski definition) is 3. The molecule has 1 unspecified atom stereocenters. The number of nitrogens with zero attached hydrogens (tertiary/aromatic N) is 2. The van der Waals surface area contributed by atoms with Gasteiger partial charge in [0.1, 0.15) is 16.7 Å². The molecule has 1 aliphatic heterocycles. The predicted molar refractivity (Wildman–Crippen MR) is 167 cm³/mol. The maximum atomic E-state index is 14.1. The van der Waals surface area contributed by atoms with E-state index in [1.165, 1.54) is 14.0 Å². The maximum Gasteiger partial charge on any atom is 0.257 e. The van der Waals surface area contributed by atoms with Crippen LogP contribution in [0.3, 0.4) is 0 Å². The number of nitrogens with one attached hydrogen (secondary N) is 2. The number of rotatable bonds is 10. The van der Waals surface area contributed by atoms with Gasteiger partial charge in [-0.2, -0.15) is 0 Å². The van der Waals surface area contributed by atoms with Crippen LogP contribution in [0.25, 0.3) is 0 Å². The standard InChI is InChI=1S/C34H42N4O5/c1-23(21-34(33(42)37(3)4,25-13-8-6-9-14-25)26-15-10-7-11-16-26)38-20-19-27(29(40)22-38)36-32(41)31-28(35-24(2)39)17-12-18-30(31)43-5/h6-18,23,27,29,40H,19-22H2,1-5H3,(H,35,39)(H,36,41)/t23?,27-,29-/m0/s1. The Balaban J connectivity index is 1.55. The van der Waals surface area contributed by atoms with E-state index in [2.05, 4.69) is 22.5 Å². The summed E-state index contributed by atoms with van der Waals surface area (Å²) in [6.07, 6.45) is 0.169. The van der Waals surface area contributed by atoms with Crippen molar-refractivity contribution in [3.63, 3.8) is 0 Å². The molecular weight excluding hydrogens is 544 g/mol. The minimum absolute atomic E-state index is 0.00812. The quantitative estimate of drug-likeness (QED) is 0.334. The first-order chi connectivity index (χ1) is 20.6. The van der Waals surface area contributed by atoms with Gasteiger partial charge in [0.2, 0.25) is 11.8 Å². The third kappa shape index (κ3) is 6.89. The van der Waals surface area contributed by atoms with Gasteiger partial charge < -0.3 is 25.4 Å². The highest BCUT2D eigenvalue weighted by atomic mass is 16.5. The Bertz CT molecular complexity index is 1370. The second-order valence-corrected chi connectivity index (χ2v) is 11.4. The topological polar surface area (TPSA) is 111 Å². The van der Waals surface area contributed by atoms with Gasteiger partial charge in [0.25, 0.3) is 5.91 Å². The van der Waals surface area contributed by atoms with Crippen LogP contribution in [0.5, 0.6) is 5.75 Å². The van der Waals surface area contributed by atoms with Gasteiger partial charge in [-0.25, -0.2) is 0 Å². The molecule has 1 heterocycles. The second kappa shape index (κ2) is 13.8. The zero-order chi connectivity index (χ0) is 31.1. The molecule has 0 aliphatic carbocycles. The van der Waals surface area contributed by atoms with E-state index in [4.69, 9.17) is 4.74 Å². The molecule has 4 rings (SSSR count). The minimum atomic E-state index is -0.925. The van der Waals surface area contributed by atoms with Gasteiger partial charge in [-0.1, -0.05) is 66.7 Å². The van der Waals surface area contributed by atoms with E-state index in [1.54, 1.807) is 37.2 Å². The number of anilines is 1. The number of hydrogen-bond acceptors (Lipinski definition) is 6. The molecule has 3 atom stereocenters. The molecule has 228 valence electrons. The fourth-order valence-corrected chi connectivity index (χ4v) is 6.13. The number of likely N-dealkylation sites (N-methyl/N-ethyl adjacent to an activating group) is 1. The van der Waals surface area contributed by atoms with E-state index >= 15 is 0 Å². The average molecular weight is 587 g/mol. The molecule has 0 bridgehead atoms. The monoisotopic (exact) mass is 586 g/mol. The second-order valence-electron chi connectivity index (χ2n) is 11.4. The smallest absolute Gasteiger partial charge is 0.257 e. The Hall–Kier alpha value is -4.21. The number of piperidine rings is 1. The van der Waals surface area contributed by atoms with Gasteiger partial charge in [0, 0.05) is 40.2 Å². The largest absolute Gasteiger partial charge is 0.496 e. The number of benzene rings is 3. The van der Waals surface area contributed by atoms with Crippen molar-refractivity contribution in [3.8, 4) is 5.75 Å². The molecule has 0 radical (unpaired) electrons. The molecule has 43 heavy (non-hydrogen) atoms. The molecule has 0 saturated carbocycles. The lowest BCUT2D eigenvalue weighted by Crippen LogP contribution is -2.57. The van der Waals surface area contributed by atoms with Crippen LogP contribution in [0, 0.1) is 0 Å². The average Bonchev–Trinajstić information content (AvgIpc) is 3.00. The van der Waals surface area contributed by atoms with Crippen LogP contribution in [0.4, 0.5) is 5.69 Å². The summed E-state index contributed by atoms with van der Waals surface area (Å²) < 4.78 is 5.39. The number of amides is 3. The summed E-state index contributed by atoms with van der Waals surface area (Å²) in [6.45, 7) is 4.40. The van der Waals surface area contributed by atoms with Crippen molar-refractivity contribution in [1.82, 2.24) is 15.1 Å². The normalized spacial score (nSPS) is 17.9. The van der Waals surface area contributed by atoms with Crippen molar-refractivity contribution < 1.29 is 24.2 Å². The molecule has 1 saturated heterocycles. The number of aliphatic hydroxyl groups is 1. The van der Waals surface area contributed by atoms with Crippen LogP contribution < -0.4 is 15.4 Å².